The van der Waals surface area contributed by atoms with Gasteiger partial charge >= 0.3 is 0 Å². The van der Waals surface area contributed by atoms with Gasteiger partial charge in [0.1, 0.15) is 15.7 Å². The normalized spacial score (nSPS) is 19.1. The first-order valence-corrected chi connectivity index (χ1v) is 12.3. The summed E-state index contributed by atoms with van der Waals surface area (Å²) < 4.78 is 1.99. The van der Waals surface area contributed by atoms with Crippen molar-refractivity contribution in [2.75, 3.05) is 18.0 Å². The fraction of sp³-hybridized carbons (Fsp3) is 0.304. The molecule has 0 saturated carbocycles. The Bertz CT molecular complexity index is 1400. The van der Waals surface area contributed by atoms with Crippen molar-refractivity contribution in [1.82, 2.24) is 24.3 Å². The van der Waals surface area contributed by atoms with Crippen molar-refractivity contribution in [3.8, 4) is 0 Å². The number of hydrogen-bond acceptors (Lipinski definition) is 6. The number of imidazole rings is 1. The summed E-state index contributed by atoms with van der Waals surface area (Å²) in [5.41, 5.74) is 3.89. The summed E-state index contributed by atoms with van der Waals surface area (Å²) in [6.45, 7) is 1.67. The van der Waals surface area contributed by atoms with Crippen LogP contribution in [0.4, 0.5) is 5.95 Å². The van der Waals surface area contributed by atoms with Crippen molar-refractivity contribution in [3.05, 3.63) is 59.3 Å². The third kappa shape index (κ3) is 3.54. The summed E-state index contributed by atoms with van der Waals surface area (Å²) in [5.74, 6) is 0.799. The van der Waals surface area contributed by atoms with Gasteiger partial charge in [-0.15, -0.1) is 0 Å². The van der Waals surface area contributed by atoms with E-state index >= 15 is 0 Å². The molecule has 0 N–H and O–H groups in total. The zero-order chi connectivity index (χ0) is 23.4. The Morgan fingerprint density at radius 1 is 1.12 bits per heavy atom. The average molecular weight is 478 g/mol. The number of hydrogen-bond donors (Lipinski definition) is 0. The molecule has 34 heavy (non-hydrogen) atoms. The fourth-order valence-electron chi connectivity index (χ4n) is 5.20. The van der Waals surface area contributed by atoms with E-state index < -0.39 is 0 Å². The largest absolute Gasteiger partial charge is 0.342 e. The van der Waals surface area contributed by atoms with Crippen LogP contribution in [-0.4, -0.2) is 61.0 Å². The van der Waals surface area contributed by atoms with E-state index in [0.717, 1.165) is 59.4 Å². The lowest BCUT2D eigenvalue weighted by Crippen LogP contribution is -2.44. The molecule has 11 heteroatoms. The van der Waals surface area contributed by atoms with E-state index in [1.54, 1.807) is 12.3 Å². The predicted molar refractivity (Wildman–Crippen MR) is 137 cm³/mol. The number of nitrogens with zero attached hydrogens (tertiary/aromatic N) is 6. The standard InChI is InChI=1S/C23H18B3ClN6S/c24-17-10-16(14(27)12-30-17)34-18-20(26)31-22(33-9-6-29-21(18)33)32-7-3-23(4-8-32)11-15-13(19(23)25)2-1-5-28-15/h1-2,5-6,9-10,12,19H,3-4,7-8,11H2. The van der Waals surface area contributed by atoms with Crippen molar-refractivity contribution < 1.29 is 0 Å². The molecule has 0 amide bonds. The van der Waals surface area contributed by atoms with Gasteiger partial charge in [0.05, 0.1) is 17.8 Å². The number of anilines is 1. The Kier molecular flexibility index (Phi) is 5.41. The van der Waals surface area contributed by atoms with Crippen molar-refractivity contribution in [2.24, 2.45) is 5.41 Å². The molecular formula is C23H18B3ClN6S. The molecule has 1 saturated heterocycles. The summed E-state index contributed by atoms with van der Waals surface area (Å²) in [7, 11) is 19.0. The maximum absolute atomic E-state index is 6.72. The van der Waals surface area contributed by atoms with E-state index in [1.807, 2.05) is 22.9 Å². The smallest absolute Gasteiger partial charge is 0.210 e. The number of piperidine rings is 1. The lowest BCUT2D eigenvalue weighted by molar-refractivity contribution is 0.222. The van der Waals surface area contributed by atoms with Crippen molar-refractivity contribution in [2.45, 2.75) is 34.9 Å². The summed E-state index contributed by atoms with van der Waals surface area (Å²) in [6.07, 6.45) is 9.91. The van der Waals surface area contributed by atoms with E-state index in [9.17, 15) is 0 Å². The van der Waals surface area contributed by atoms with Gasteiger partial charge < -0.3 is 4.90 Å². The van der Waals surface area contributed by atoms with Crippen LogP contribution in [-0.2, 0) is 6.42 Å². The Labute approximate surface area is 211 Å². The van der Waals surface area contributed by atoms with Gasteiger partial charge in [-0.3, -0.25) is 14.4 Å². The highest BCUT2D eigenvalue weighted by atomic mass is 35.5. The zero-order valence-electron chi connectivity index (χ0n) is 18.4. The second-order valence-electron chi connectivity index (χ2n) is 8.93. The van der Waals surface area contributed by atoms with Crippen LogP contribution in [0.2, 0.25) is 5.02 Å². The molecule has 1 aliphatic heterocycles. The second-order valence-corrected chi connectivity index (χ2v) is 10.4. The number of halogens is 1. The Morgan fingerprint density at radius 3 is 2.74 bits per heavy atom. The minimum atomic E-state index is 0.0148. The van der Waals surface area contributed by atoms with Crippen molar-refractivity contribution in [1.29, 1.82) is 0 Å². The van der Waals surface area contributed by atoms with Crippen molar-refractivity contribution in [3.63, 3.8) is 0 Å². The molecule has 1 aliphatic carbocycles. The summed E-state index contributed by atoms with van der Waals surface area (Å²) >= 11 is 7.72. The molecule has 4 aromatic rings. The SMILES string of the molecule is [B]c1cc(Sc2c([B])nc(N3CCC4(CC3)Cc3ncccc3C4[B])n3ccnc23)c(Cl)cn1. The van der Waals surface area contributed by atoms with Crippen LogP contribution in [0.1, 0.15) is 29.9 Å². The third-order valence-corrected chi connectivity index (χ3v) is 8.61. The molecule has 4 aromatic heterocycles. The number of pyridine rings is 2. The first-order valence-electron chi connectivity index (χ1n) is 11.1. The minimum absolute atomic E-state index is 0.0148. The number of aromatic nitrogens is 5. The minimum Gasteiger partial charge on any atom is -0.342 e. The van der Waals surface area contributed by atoms with Crippen LogP contribution in [0.5, 0.6) is 0 Å². The number of fused-ring (bicyclic) bond motifs is 2. The third-order valence-electron chi connectivity index (χ3n) is 7.05. The molecule has 1 atom stereocenters. The van der Waals surface area contributed by atoms with Crippen LogP contribution in [0.3, 0.4) is 0 Å². The number of rotatable bonds is 3. The molecule has 6 nitrogen and oxygen atoms in total. The van der Waals surface area contributed by atoms with Gasteiger partial charge in [-0.1, -0.05) is 29.4 Å². The molecular weight excluding hydrogens is 460 g/mol. The maximum atomic E-state index is 6.72. The Morgan fingerprint density at radius 2 is 1.94 bits per heavy atom. The maximum Gasteiger partial charge on any atom is 0.210 e. The first kappa shape index (κ1) is 22.0. The molecule has 6 radical (unpaired) electrons. The van der Waals surface area contributed by atoms with E-state index in [2.05, 4.69) is 25.9 Å². The Balaban J connectivity index is 1.29. The highest BCUT2D eigenvalue weighted by Crippen LogP contribution is 2.51. The van der Waals surface area contributed by atoms with Crippen LogP contribution in [0.25, 0.3) is 5.65 Å². The quantitative estimate of drug-likeness (QED) is 0.420. The molecule has 0 aromatic carbocycles. The molecule has 1 unspecified atom stereocenters. The van der Waals surface area contributed by atoms with Gasteiger partial charge in [-0.2, -0.15) is 0 Å². The molecule has 0 bridgehead atoms. The van der Waals surface area contributed by atoms with E-state index in [-0.39, 0.29) is 11.2 Å². The highest BCUT2D eigenvalue weighted by molar-refractivity contribution is 7.99. The molecule has 1 fully saturated rings. The molecule has 5 heterocycles. The fourth-order valence-corrected chi connectivity index (χ4v) is 6.36. The average Bonchev–Trinajstić information content (AvgIpc) is 3.42. The van der Waals surface area contributed by atoms with E-state index in [0.29, 0.717) is 16.2 Å². The van der Waals surface area contributed by atoms with E-state index in [1.165, 1.54) is 23.5 Å². The van der Waals surface area contributed by atoms with Gasteiger partial charge in [0.25, 0.3) is 0 Å². The van der Waals surface area contributed by atoms with Crippen LogP contribution in [0.15, 0.2) is 52.8 Å². The molecule has 2 aliphatic rings. The highest BCUT2D eigenvalue weighted by Gasteiger charge is 2.45. The zero-order valence-corrected chi connectivity index (χ0v) is 19.9. The van der Waals surface area contributed by atoms with Gasteiger partial charge in [0.15, 0.2) is 5.65 Å². The van der Waals surface area contributed by atoms with E-state index in [4.69, 9.17) is 40.1 Å². The van der Waals surface area contributed by atoms with Gasteiger partial charge in [0, 0.05) is 54.1 Å². The monoisotopic (exact) mass is 478 g/mol. The van der Waals surface area contributed by atoms with Gasteiger partial charge in [-0.05, 0) is 53.8 Å². The first-order chi connectivity index (χ1) is 16.4. The van der Waals surface area contributed by atoms with Crippen LogP contribution >= 0.6 is 23.4 Å². The predicted octanol–water partition coefficient (Wildman–Crippen LogP) is 1.96. The topological polar surface area (TPSA) is 59.2 Å². The summed E-state index contributed by atoms with van der Waals surface area (Å²) in [4.78, 5) is 21.7. The van der Waals surface area contributed by atoms with Crippen LogP contribution < -0.4 is 16.1 Å². The molecule has 162 valence electrons. The van der Waals surface area contributed by atoms with Gasteiger partial charge in [-0.25, -0.2) is 9.97 Å². The summed E-state index contributed by atoms with van der Waals surface area (Å²) in [6, 6.07) is 5.81. The lowest BCUT2D eigenvalue weighted by atomic mass is 9.61. The second kappa shape index (κ2) is 8.34. The van der Waals surface area contributed by atoms with Crippen LogP contribution in [0, 0.1) is 5.41 Å². The van der Waals surface area contributed by atoms with Crippen molar-refractivity contribution >= 4 is 69.7 Å². The summed E-state index contributed by atoms with van der Waals surface area (Å²) in [5, 5.41) is 0.497. The molecule has 6 rings (SSSR count). The lowest BCUT2D eigenvalue weighted by Gasteiger charge is -2.43. The van der Waals surface area contributed by atoms with Gasteiger partial charge in [0.2, 0.25) is 5.95 Å². The molecule has 1 spiro atoms. The Hall–Kier alpha value is -2.45.